The van der Waals surface area contributed by atoms with Crippen molar-refractivity contribution in [1.29, 1.82) is 5.26 Å². The first-order chi connectivity index (χ1) is 11.9. The summed E-state index contributed by atoms with van der Waals surface area (Å²) >= 11 is 7.27. The standard InChI is InChI=1S/C19H19ClN2O2S/c1-4-15(24)10-25-19-16(9-21)18(13-5-7-14(20)8-6-13)17(12(3)23)11(2)22-19/h5-8,18,22H,4,10H2,1-3H3/t18-/m0/s1. The van der Waals surface area contributed by atoms with Gasteiger partial charge in [0.15, 0.2) is 5.78 Å². The molecule has 1 aromatic rings. The second-order valence-corrected chi connectivity index (χ2v) is 7.16. The highest BCUT2D eigenvalue weighted by Gasteiger charge is 2.33. The monoisotopic (exact) mass is 374 g/mol. The molecular formula is C19H19ClN2O2S. The number of dihydropyridines is 1. The van der Waals surface area contributed by atoms with Crippen molar-refractivity contribution in [3.05, 3.63) is 56.7 Å². The molecule has 1 N–H and O–H groups in total. The number of thioether (sulfide) groups is 1. The van der Waals surface area contributed by atoms with Crippen LogP contribution in [-0.4, -0.2) is 17.3 Å². The lowest BCUT2D eigenvalue weighted by Gasteiger charge is -2.29. The zero-order valence-electron chi connectivity index (χ0n) is 14.4. The Morgan fingerprint density at radius 1 is 1.32 bits per heavy atom. The largest absolute Gasteiger partial charge is 0.353 e. The fraction of sp³-hybridized carbons (Fsp3) is 0.316. The average molecular weight is 375 g/mol. The van der Waals surface area contributed by atoms with Crippen molar-refractivity contribution in [3.8, 4) is 6.07 Å². The van der Waals surface area contributed by atoms with Crippen LogP contribution in [0.4, 0.5) is 0 Å². The topological polar surface area (TPSA) is 70.0 Å². The number of nitrogens with zero attached hydrogens (tertiary/aromatic N) is 1. The van der Waals surface area contributed by atoms with E-state index in [1.54, 1.807) is 12.1 Å². The third kappa shape index (κ3) is 4.33. The number of hydrogen-bond donors (Lipinski definition) is 1. The molecule has 0 aliphatic carbocycles. The third-order valence-corrected chi connectivity index (χ3v) is 5.33. The van der Waals surface area contributed by atoms with Crippen LogP contribution in [0.2, 0.25) is 5.02 Å². The van der Waals surface area contributed by atoms with Gasteiger partial charge in [-0.05, 0) is 31.5 Å². The van der Waals surface area contributed by atoms with Crippen molar-refractivity contribution in [1.82, 2.24) is 5.32 Å². The van der Waals surface area contributed by atoms with E-state index in [1.807, 2.05) is 26.0 Å². The van der Waals surface area contributed by atoms with Crippen LogP contribution in [-0.2, 0) is 9.59 Å². The van der Waals surface area contributed by atoms with E-state index in [9.17, 15) is 14.9 Å². The molecule has 6 heteroatoms. The van der Waals surface area contributed by atoms with Gasteiger partial charge in [0.25, 0.3) is 0 Å². The molecule has 130 valence electrons. The Hall–Kier alpha value is -2.03. The first-order valence-corrected chi connectivity index (χ1v) is 9.28. The lowest BCUT2D eigenvalue weighted by molar-refractivity contribution is -0.116. The van der Waals surface area contributed by atoms with Crippen LogP contribution >= 0.6 is 23.4 Å². The number of allylic oxidation sites excluding steroid dienone is 3. The molecule has 0 amide bonds. The van der Waals surface area contributed by atoms with Gasteiger partial charge in [-0.1, -0.05) is 42.4 Å². The van der Waals surface area contributed by atoms with Gasteiger partial charge in [-0.25, -0.2) is 0 Å². The van der Waals surface area contributed by atoms with E-state index in [0.717, 1.165) is 5.56 Å². The highest BCUT2D eigenvalue weighted by atomic mass is 35.5. The Morgan fingerprint density at radius 2 is 1.96 bits per heavy atom. The van der Waals surface area contributed by atoms with Gasteiger partial charge < -0.3 is 5.32 Å². The summed E-state index contributed by atoms with van der Waals surface area (Å²) in [6.07, 6.45) is 0.455. The molecule has 1 aliphatic rings. The van der Waals surface area contributed by atoms with Crippen LogP contribution in [0.15, 0.2) is 46.1 Å². The van der Waals surface area contributed by atoms with Gasteiger partial charge in [0.1, 0.15) is 5.78 Å². The van der Waals surface area contributed by atoms with Gasteiger partial charge in [0.2, 0.25) is 0 Å². The van der Waals surface area contributed by atoms with E-state index in [2.05, 4.69) is 11.4 Å². The zero-order valence-corrected chi connectivity index (χ0v) is 15.9. The lowest BCUT2D eigenvalue weighted by atomic mass is 9.81. The smallest absolute Gasteiger partial charge is 0.158 e. The third-order valence-electron chi connectivity index (χ3n) is 4.00. The van der Waals surface area contributed by atoms with Gasteiger partial charge in [-0.2, -0.15) is 5.26 Å². The average Bonchev–Trinajstić information content (AvgIpc) is 2.59. The van der Waals surface area contributed by atoms with E-state index in [0.29, 0.717) is 39.1 Å². The molecule has 0 fully saturated rings. The molecule has 0 unspecified atom stereocenters. The summed E-state index contributed by atoms with van der Waals surface area (Å²) in [5.41, 5.74) is 2.54. The number of nitrogens with one attached hydrogen (secondary N) is 1. The van der Waals surface area contributed by atoms with Crippen molar-refractivity contribution < 1.29 is 9.59 Å². The SMILES string of the molecule is CCC(=O)CSC1=C(C#N)[C@H](c2ccc(Cl)cc2)C(C(C)=O)=C(C)N1. The van der Waals surface area contributed by atoms with E-state index in [-0.39, 0.29) is 11.6 Å². The van der Waals surface area contributed by atoms with E-state index < -0.39 is 5.92 Å². The minimum absolute atomic E-state index is 0.0913. The van der Waals surface area contributed by atoms with Gasteiger partial charge in [0, 0.05) is 22.7 Å². The minimum atomic E-state index is -0.458. The molecule has 4 nitrogen and oxygen atoms in total. The number of carbonyl (C=O) groups is 2. The fourth-order valence-electron chi connectivity index (χ4n) is 2.74. The van der Waals surface area contributed by atoms with Crippen LogP contribution in [0.5, 0.6) is 0 Å². The Balaban J connectivity index is 2.53. The molecule has 0 bridgehead atoms. The summed E-state index contributed by atoms with van der Waals surface area (Å²) in [6.45, 7) is 5.12. The molecule has 0 aromatic heterocycles. The summed E-state index contributed by atoms with van der Waals surface area (Å²) in [4.78, 5) is 23.9. The van der Waals surface area contributed by atoms with Crippen molar-refractivity contribution in [3.63, 3.8) is 0 Å². The number of halogens is 1. The second kappa shape index (κ2) is 8.37. The molecule has 0 radical (unpaired) electrons. The summed E-state index contributed by atoms with van der Waals surface area (Å²) in [5, 5.41) is 14.1. The Kier molecular flexibility index (Phi) is 6.46. The normalized spacial score (nSPS) is 17.2. The van der Waals surface area contributed by atoms with Gasteiger partial charge >= 0.3 is 0 Å². The Labute approximate surface area is 156 Å². The first kappa shape index (κ1) is 19.3. The molecular weight excluding hydrogens is 356 g/mol. The van der Waals surface area contributed by atoms with Gasteiger partial charge in [0.05, 0.1) is 28.3 Å². The predicted octanol–water partition coefficient (Wildman–Crippen LogP) is 4.34. The molecule has 0 saturated carbocycles. The maximum atomic E-state index is 12.2. The van der Waals surface area contributed by atoms with Crippen LogP contribution in [0.3, 0.4) is 0 Å². The van der Waals surface area contributed by atoms with Gasteiger partial charge in [-0.15, -0.1) is 0 Å². The minimum Gasteiger partial charge on any atom is -0.353 e. The summed E-state index contributed by atoms with van der Waals surface area (Å²) in [5.74, 6) is -0.148. The zero-order chi connectivity index (χ0) is 18.6. The van der Waals surface area contributed by atoms with E-state index >= 15 is 0 Å². The van der Waals surface area contributed by atoms with E-state index in [4.69, 9.17) is 11.6 Å². The molecule has 25 heavy (non-hydrogen) atoms. The maximum absolute atomic E-state index is 12.2. The Morgan fingerprint density at radius 3 is 2.48 bits per heavy atom. The highest BCUT2D eigenvalue weighted by molar-refractivity contribution is 8.03. The van der Waals surface area contributed by atoms with E-state index in [1.165, 1.54) is 18.7 Å². The fourth-order valence-corrected chi connectivity index (χ4v) is 3.92. The van der Waals surface area contributed by atoms with Crippen LogP contribution in [0.25, 0.3) is 0 Å². The molecule has 1 heterocycles. The van der Waals surface area contributed by atoms with Crippen molar-refractivity contribution in [2.45, 2.75) is 33.1 Å². The van der Waals surface area contributed by atoms with Crippen molar-refractivity contribution >= 4 is 34.9 Å². The maximum Gasteiger partial charge on any atom is 0.158 e. The number of ketones is 2. The summed E-state index contributed by atoms with van der Waals surface area (Å²) in [6, 6.07) is 9.37. The second-order valence-electron chi connectivity index (χ2n) is 5.74. The molecule has 0 saturated heterocycles. The highest BCUT2D eigenvalue weighted by Crippen LogP contribution is 2.41. The number of nitriles is 1. The first-order valence-electron chi connectivity index (χ1n) is 7.92. The van der Waals surface area contributed by atoms with Crippen molar-refractivity contribution in [2.24, 2.45) is 0 Å². The molecule has 1 aromatic carbocycles. The molecule has 2 rings (SSSR count). The number of Topliss-reactive ketones (excluding diaryl/α,β-unsaturated/α-hetero) is 2. The Bertz CT molecular complexity index is 804. The lowest BCUT2D eigenvalue weighted by Crippen LogP contribution is -2.27. The number of hydrogen-bond acceptors (Lipinski definition) is 5. The van der Waals surface area contributed by atoms with Crippen LogP contribution < -0.4 is 5.32 Å². The van der Waals surface area contributed by atoms with Crippen LogP contribution in [0.1, 0.15) is 38.7 Å². The van der Waals surface area contributed by atoms with Crippen molar-refractivity contribution in [2.75, 3.05) is 5.75 Å². The number of benzene rings is 1. The number of rotatable bonds is 6. The summed E-state index contributed by atoms with van der Waals surface area (Å²) in [7, 11) is 0. The van der Waals surface area contributed by atoms with Gasteiger partial charge in [-0.3, -0.25) is 9.59 Å². The number of carbonyl (C=O) groups excluding carboxylic acids is 2. The molecule has 1 aliphatic heterocycles. The molecule has 0 spiro atoms. The van der Waals surface area contributed by atoms with Crippen LogP contribution in [0, 0.1) is 11.3 Å². The predicted molar refractivity (Wildman–Crippen MR) is 101 cm³/mol. The quantitative estimate of drug-likeness (QED) is 0.802. The molecule has 1 atom stereocenters. The summed E-state index contributed by atoms with van der Waals surface area (Å²) < 4.78 is 0.